The summed E-state index contributed by atoms with van der Waals surface area (Å²) in [5.74, 6) is 0.672. The number of morpholine rings is 1. The molecule has 0 radical (unpaired) electrons. The average Bonchev–Trinajstić information content (AvgIpc) is 2.99. The van der Waals surface area contributed by atoms with E-state index in [2.05, 4.69) is 6.92 Å². The predicted octanol–water partition coefficient (Wildman–Crippen LogP) is 1.64. The first kappa shape index (κ1) is 11.2. The molecule has 2 aliphatic rings. The number of carbonyl (C=O) groups is 1. The Bertz CT molecular complexity index is 265. The standard InChI is InChI=1S/C11H18ClNO2/c1-8(12)10(14)13-5-6-15-11(2,7-13)9-3-4-9/h8-9H,3-7H2,1-2H3. The van der Waals surface area contributed by atoms with Gasteiger partial charge in [0.15, 0.2) is 0 Å². The van der Waals surface area contributed by atoms with Crippen LogP contribution in [0, 0.1) is 5.92 Å². The molecular weight excluding hydrogens is 214 g/mol. The largest absolute Gasteiger partial charge is 0.371 e. The minimum Gasteiger partial charge on any atom is -0.371 e. The summed E-state index contributed by atoms with van der Waals surface area (Å²) < 4.78 is 5.81. The fraction of sp³-hybridized carbons (Fsp3) is 0.909. The first-order chi connectivity index (χ1) is 7.03. The van der Waals surface area contributed by atoms with Crippen LogP contribution in [0.3, 0.4) is 0 Å². The molecule has 3 nitrogen and oxygen atoms in total. The highest BCUT2D eigenvalue weighted by Crippen LogP contribution is 2.43. The van der Waals surface area contributed by atoms with E-state index in [-0.39, 0.29) is 11.5 Å². The van der Waals surface area contributed by atoms with Crippen molar-refractivity contribution in [3.63, 3.8) is 0 Å². The highest BCUT2D eigenvalue weighted by atomic mass is 35.5. The van der Waals surface area contributed by atoms with Gasteiger partial charge < -0.3 is 9.64 Å². The van der Waals surface area contributed by atoms with Crippen molar-refractivity contribution in [1.29, 1.82) is 0 Å². The van der Waals surface area contributed by atoms with Gasteiger partial charge in [0.25, 0.3) is 0 Å². The minimum absolute atomic E-state index is 0.0341. The topological polar surface area (TPSA) is 29.5 Å². The van der Waals surface area contributed by atoms with E-state index >= 15 is 0 Å². The zero-order valence-electron chi connectivity index (χ0n) is 9.33. The lowest BCUT2D eigenvalue weighted by atomic mass is 9.98. The highest BCUT2D eigenvalue weighted by molar-refractivity contribution is 6.30. The molecule has 2 fully saturated rings. The van der Waals surface area contributed by atoms with Crippen molar-refractivity contribution >= 4 is 17.5 Å². The third kappa shape index (κ3) is 2.28. The van der Waals surface area contributed by atoms with Crippen LogP contribution in [-0.4, -0.2) is 41.5 Å². The number of ether oxygens (including phenoxy) is 1. The van der Waals surface area contributed by atoms with Crippen molar-refractivity contribution in [1.82, 2.24) is 4.90 Å². The number of alkyl halides is 1. The van der Waals surface area contributed by atoms with Gasteiger partial charge >= 0.3 is 0 Å². The summed E-state index contributed by atoms with van der Waals surface area (Å²) in [5, 5.41) is -0.424. The van der Waals surface area contributed by atoms with Crippen LogP contribution in [0.1, 0.15) is 26.7 Å². The van der Waals surface area contributed by atoms with Gasteiger partial charge in [-0.2, -0.15) is 0 Å². The summed E-state index contributed by atoms with van der Waals surface area (Å²) in [4.78, 5) is 13.6. The first-order valence-corrected chi connectivity index (χ1v) is 6.03. The molecule has 86 valence electrons. The van der Waals surface area contributed by atoms with Gasteiger partial charge in [0.1, 0.15) is 5.38 Å². The Labute approximate surface area is 95.7 Å². The summed E-state index contributed by atoms with van der Waals surface area (Å²) >= 11 is 5.82. The van der Waals surface area contributed by atoms with Crippen LogP contribution in [-0.2, 0) is 9.53 Å². The average molecular weight is 232 g/mol. The van der Waals surface area contributed by atoms with Crippen LogP contribution in [0.4, 0.5) is 0 Å². The molecule has 1 amide bonds. The van der Waals surface area contributed by atoms with Gasteiger partial charge in [0.2, 0.25) is 5.91 Å². The molecule has 1 heterocycles. The number of carbonyl (C=O) groups excluding carboxylic acids is 1. The maximum atomic E-state index is 11.8. The molecule has 0 aromatic carbocycles. The van der Waals surface area contributed by atoms with Gasteiger partial charge in [0.05, 0.1) is 12.2 Å². The number of hydrogen-bond donors (Lipinski definition) is 0. The van der Waals surface area contributed by atoms with E-state index < -0.39 is 5.38 Å². The molecule has 0 spiro atoms. The number of amides is 1. The number of nitrogens with zero attached hydrogens (tertiary/aromatic N) is 1. The Hall–Kier alpha value is -0.280. The van der Waals surface area contributed by atoms with Crippen LogP contribution in [0.15, 0.2) is 0 Å². The number of halogens is 1. The lowest BCUT2D eigenvalue weighted by Gasteiger charge is -2.41. The van der Waals surface area contributed by atoms with E-state index in [0.29, 0.717) is 25.6 Å². The molecule has 2 atom stereocenters. The van der Waals surface area contributed by atoms with Crippen molar-refractivity contribution in [3.8, 4) is 0 Å². The minimum atomic E-state index is -0.424. The fourth-order valence-electron chi connectivity index (χ4n) is 2.27. The molecule has 0 bridgehead atoms. The molecular formula is C11H18ClNO2. The SMILES string of the molecule is CC(Cl)C(=O)N1CCOC(C)(C2CC2)C1. The zero-order chi connectivity index (χ0) is 11.1. The van der Waals surface area contributed by atoms with Crippen molar-refractivity contribution in [2.45, 2.75) is 37.7 Å². The molecule has 1 aliphatic carbocycles. The lowest BCUT2D eigenvalue weighted by Crippen LogP contribution is -2.54. The van der Waals surface area contributed by atoms with E-state index in [1.54, 1.807) is 6.92 Å². The second-order valence-corrected chi connectivity index (χ2v) is 5.47. The maximum Gasteiger partial charge on any atom is 0.240 e. The molecule has 1 aliphatic heterocycles. The van der Waals surface area contributed by atoms with Crippen LogP contribution in [0.2, 0.25) is 0 Å². The smallest absolute Gasteiger partial charge is 0.240 e. The third-order valence-corrected chi connectivity index (χ3v) is 3.58. The Kier molecular flexibility index (Phi) is 2.95. The molecule has 0 N–H and O–H groups in total. The normalized spacial score (nSPS) is 33.9. The van der Waals surface area contributed by atoms with Gasteiger partial charge in [-0.05, 0) is 32.6 Å². The van der Waals surface area contributed by atoms with E-state index in [0.717, 1.165) is 0 Å². The van der Waals surface area contributed by atoms with Crippen LogP contribution < -0.4 is 0 Å². The second kappa shape index (κ2) is 3.95. The predicted molar refractivity (Wildman–Crippen MR) is 59.0 cm³/mol. The Morgan fingerprint density at radius 1 is 1.60 bits per heavy atom. The fourth-order valence-corrected chi connectivity index (χ4v) is 2.41. The summed E-state index contributed by atoms with van der Waals surface area (Å²) in [6, 6.07) is 0. The lowest BCUT2D eigenvalue weighted by molar-refractivity contribution is -0.150. The highest BCUT2D eigenvalue weighted by Gasteiger charge is 2.46. The van der Waals surface area contributed by atoms with Crippen LogP contribution in [0.25, 0.3) is 0 Å². The van der Waals surface area contributed by atoms with Gasteiger partial charge in [-0.3, -0.25) is 4.79 Å². The quantitative estimate of drug-likeness (QED) is 0.677. The van der Waals surface area contributed by atoms with E-state index in [1.165, 1.54) is 12.8 Å². The first-order valence-electron chi connectivity index (χ1n) is 5.60. The van der Waals surface area contributed by atoms with Crippen molar-refractivity contribution in [2.24, 2.45) is 5.92 Å². The monoisotopic (exact) mass is 231 g/mol. The molecule has 15 heavy (non-hydrogen) atoms. The number of hydrogen-bond acceptors (Lipinski definition) is 2. The van der Waals surface area contributed by atoms with Crippen molar-refractivity contribution in [2.75, 3.05) is 19.7 Å². The van der Waals surface area contributed by atoms with Gasteiger partial charge in [0, 0.05) is 13.1 Å². The van der Waals surface area contributed by atoms with Crippen LogP contribution >= 0.6 is 11.6 Å². The van der Waals surface area contributed by atoms with Gasteiger partial charge in [-0.1, -0.05) is 0 Å². The second-order valence-electron chi connectivity index (χ2n) is 4.81. The molecule has 1 saturated heterocycles. The molecule has 1 saturated carbocycles. The van der Waals surface area contributed by atoms with E-state index in [1.807, 2.05) is 4.90 Å². The Morgan fingerprint density at radius 2 is 2.27 bits per heavy atom. The Balaban J connectivity index is 2.00. The molecule has 2 rings (SSSR count). The van der Waals surface area contributed by atoms with Gasteiger partial charge in [-0.15, -0.1) is 11.6 Å². The molecule has 4 heteroatoms. The third-order valence-electron chi connectivity index (χ3n) is 3.39. The summed E-state index contributed by atoms with van der Waals surface area (Å²) in [7, 11) is 0. The molecule has 2 unspecified atom stereocenters. The summed E-state index contributed by atoms with van der Waals surface area (Å²) in [6.07, 6.45) is 2.46. The maximum absolute atomic E-state index is 11.8. The van der Waals surface area contributed by atoms with Crippen LogP contribution in [0.5, 0.6) is 0 Å². The molecule has 0 aromatic heterocycles. The summed E-state index contributed by atoms with van der Waals surface area (Å²) in [5.41, 5.74) is -0.125. The Morgan fingerprint density at radius 3 is 2.80 bits per heavy atom. The van der Waals surface area contributed by atoms with E-state index in [4.69, 9.17) is 16.3 Å². The van der Waals surface area contributed by atoms with E-state index in [9.17, 15) is 4.79 Å². The zero-order valence-corrected chi connectivity index (χ0v) is 10.1. The van der Waals surface area contributed by atoms with Gasteiger partial charge in [-0.25, -0.2) is 0 Å². The number of rotatable bonds is 2. The van der Waals surface area contributed by atoms with Crippen molar-refractivity contribution < 1.29 is 9.53 Å². The molecule has 0 aromatic rings. The summed E-state index contributed by atoms with van der Waals surface area (Å²) in [6.45, 7) is 5.87. The van der Waals surface area contributed by atoms with Crippen molar-refractivity contribution in [3.05, 3.63) is 0 Å².